The molecule has 1 saturated carbocycles. The van der Waals surface area contributed by atoms with Gasteiger partial charge >= 0.3 is 0 Å². The Morgan fingerprint density at radius 3 is 2.53 bits per heavy atom. The summed E-state index contributed by atoms with van der Waals surface area (Å²) in [5.74, 6) is 0. The van der Waals surface area contributed by atoms with Crippen LogP contribution in [0.5, 0.6) is 0 Å². The van der Waals surface area contributed by atoms with Crippen LogP contribution in [0.25, 0.3) is 0 Å². The van der Waals surface area contributed by atoms with Crippen molar-refractivity contribution in [1.29, 1.82) is 0 Å². The van der Waals surface area contributed by atoms with Crippen LogP contribution in [0, 0.1) is 0 Å². The zero-order valence-corrected chi connectivity index (χ0v) is 11.9. The fraction of sp³-hybridized carbons (Fsp3) is 1.00. The van der Waals surface area contributed by atoms with Gasteiger partial charge in [-0.1, -0.05) is 12.8 Å². The van der Waals surface area contributed by atoms with Crippen LogP contribution in [0.3, 0.4) is 0 Å². The molecule has 2 aliphatic rings. The molecule has 1 saturated heterocycles. The fourth-order valence-corrected chi connectivity index (χ4v) is 3.23. The SMILES string of the molecule is COC(C)CN1CC2(CCCC2)NCC1(C)C. The summed E-state index contributed by atoms with van der Waals surface area (Å²) < 4.78 is 5.44. The summed E-state index contributed by atoms with van der Waals surface area (Å²) in [6.07, 6.45) is 5.80. The first-order valence-electron chi connectivity index (χ1n) is 7.00. The van der Waals surface area contributed by atoms with Crippen LogP contribution in [0.2, 0.25) is 0 Å². The van der Waals surface area contributed by atoms with Crippen LogP contribution in [0.4, 0.5) is 0 Å². The van der Waals surface area contributed by atoms with E-state index >= 15 is 0 Å². The maximum Gasteiger partial charge on any atom is 0.0670 e. The number of hydrogen-bond donors (Lipinski definition) is 1. The van der Waals surface area contributed by atoms with E-state index in [1.54, 1.807) is 0 Å². The third kappa shape index (κ3) is 2.83. The first-order chi connectivity index (χ1) is 7.97. The van der Waals surface area contributed by atoms with E-state index in [1.165, 1.54) is 32.2 Å². The van der Waals surface area contributed by atoms with Crippen molar-refractivity contribution in [2.75, 3.05) is 26.7 Å². The standard InChI is InChI=1S/C14H28N2O/c1-12(17-4)9-16-11-14(7-5-6-8-14)15-10-13(16,2)3/h12,15H,5-11H2,1-4H3. The average molecular weight is 240 g/mol. The van der Waals surface area contributed by atoms with Gasteiger partial charge in [-0.05, 0) is 33.6 Å². The number of ether oxygens (including phenoxy) is 1. The Kier molecular flexibility index (Phi) is 3.81. The third-order valence-corrected chi connectivity index (χ3v) is 4.69. The van der Waals surface area contributed by atoms with E-state index < -0.39 is 0 Å². The zero-order chi connectivity index (χ0) is 12.5. The molecule has 100 valence electrons. The maximum atomic E-state index is 5.44. The van der Waals surface area contributed by atoms with E-state index in [1.807, 2.05) is 7.11 Å². The summed E-state index contributed by atoms with van der Waals surface area (Å²) >= 11 is 0. The highest BCUT2D eigenvalue weighted by Gasteiger charge is 2.44. The predicted molar refractivity (Wildman–Crippen MR) is 71.3 cm³/mol. The van der Waals surface area contributed by atoms with Crippen molar-refractivity contribution in [2.24, 2.45) is 0 Å². The highest BCUT2D eigenvalue weighted by Crippen LogP contribution is 2.35. The molecule has 1 unspecified atom stereocenters. The van der Waals surface area contributed by atoms with Gasteiger partial charge in [0.2, 0.25) is 0 Å². The lowest BCUT2D eigenvalue weighted by atomic mass is 9.87. The summed E-state index contributed by atoms with van der Waals surface area (Å²) in [6, 6.07) is 0. The van der Waals surface area contributed by atoms with E-state index in [2.05, 4.69) is 31.0 Å². The molecule has 0 aromatic carbocycles. The van der Waals surface area contributed by atoms with E-state index in [0.717, 1.165) is 13.1 Å². The lowest BCUT2D eigenvalue weighted by Gasteiger charge is -2.51. The second-order valence-electron chi connectivity index (χ2n) is 6.58. The molecule has 2 fully saturated rings. The zero-order valence-electron chi connectivity index (χ0n) is 11.9. The van der Waals surface area contributed by atoms with Gasteiger partial charge < -0.3 is 10.1 Å². The van der Waals surface area contributed by atoms with E-state index in [9.17, 15) is 0 Å². The van der Waals surface area contributed by atoms with Gasteiger partial charge in [0.25, 0.3) is 0 Å². The number of nitrogens with zero attached hydrogens (tertiary/aromatic N) is 1. The largest absolute Gasteiger partial charge is 0.380 e. The van der Waals surface area contributed by atoms with Crippen molar-refractivity contribution in [3.05, 3.63) is 0 Å². The van der Waals surface area contributed by atoms with Crippen LogP contribution in [0.1, 0.15) is 46.5 Å². The van der Waals surface area contributed by atoms with Gasteiger partial charge in [-0.2, -0.15) is 0 Å². The average Bonchev–Trinajstić information content (AvgIpc) is 2.73. The second kappa shape index (κ2) is 4.87. The van der Waals surface area contributed by atoms with Crippen molar-refractivity contribution in [3.8, 4) is 0 Å². The van der Waals surface area contributed by atoms with Crippen molar-refractivity contribution >= 4 is 0 Å². The minimum absolute atomic E-state index is 0.251. The number of piperazine rings is 1. The highest BCUT2D eigenvalue weighted by atomic mass is 16.5. The molecular weight excluding hydrogens is 212 g/mol. The van der Waals surface area contributed by atoms with E-state index in [0.29, 0.717) is 11.6 Å². The molecule has 1 aliphatic heterocycles. The number of rotatable bonds is 3. The minimum Gasteiger partial charge on any atom is -0.380 e. The summed E-state index contributed by atoms with van der Waals surface area (Å²) in [5, 5.41) is 3.82. The Morgan fingerprint density at radius 1 is 1.29 bits per heavy atom. The van der Waals surface area contributed by atoms with Crippen LogP contribution < -0.4 is 5.32 Å². The van der Waals surface area contributed by atoms with Crippen molar-refractivity contribution in [2.45, 2.75) is 63.6 Å². The molecule has 2 rings (SSSR count). The molecule has 1 aliphatic carbocycles. The van der Waals surface area contributed by atoms with Gasteiger partial charge in [0.05, 0.1) is 6.10 Å². The van der Waals surface area contributed by atoms with Crippen molar-refractivity contribution < 1.29 is 4.74 Å². The molecule has 3 heteroatoms. The smallest absolute Gasteiger partial charge is 0.0670 e. The van der Waals surface area contributed by atoms with Gasteiger partial charge in [0, 0.05) is 37.8 Å². The van der Waals surface area contributed by atoms with E-state index in [-0.39, 0.29) is 5.54 Å². The van der Waals surface area contributed by atoms with Crippen LogP contribution >= 0.6 is 0 Å². The van der Waals surface area contributed by atoms with E-state index in [4.69, 9.17) is 4.74 Å². The molecule has 0 radical (unpaired) electrons. The Morgan fingerprint density at radius 2 is 1.94 bits per heavy atom. The molecule has 1 heterocycles. The molecule has 17 heavy (non-hydrogen) atoms. The summed E-state index contributed by atoms with van der Waals surface area (Å²) in [7, 11) is 1.81. The lowest BCUT2D eigenvalue weighted by Crippen LogP contribution is -2.68. The Bertz CT molecular complexity index is 259. The maximum absolute atomic E-state index is 5.44. The molecule has 0 aromatic heterocycles. The van der Waals surface area contributed by atoms with Gasteiger partial charge in [-0.15, -0.1) is 0 Å². The predicted octanol–water partition coefficient (Wildman–Crippen LogP) is 2.02. The number of hydrogen-bond acceptors (Lipinski definition) is 3. The Hall–Kier alpha value is -0.120. The molecular formula is C14H28N2O. The first-order valence-corrected chi connectivity index (χ1v) is 7.00. The molecule has 1 atom stereocenters. The quantitative estimate of drug-likeness (QED) is 0.817. The van der Waals surface area contributed by atoms with Crippen LogP contribution in [-0.4, -0.2) is 48.8 Å². The molecule has 1 N–H and O–H groups in total. The van der Waals surface area contributed by atoms with Crippen molar-refractivity contribution in [1.82, 2.24) is 10.2 Å². The molecule has 3 nitrogen and oxygen atoms in total. The minimum atomic E-state index is 0.251. The van der Waals surface area contributed by atoms with Gasteiger partial charge in [-0.3, -0.25) is 4.90 Å². The lowest BCUT2D eigenvalue weighted by molar-refractivity contribution is -0.0129. The molecule has 0 amide bonds. The molecule has 1 spiro atoms. The fourth-order valence-electron chi connectivity index (χ4n) is 3.23. The normalized spacial score (nSPS) is 29.6. The second-order valence-corrected chi connectivity index (χ2v) is 6.58. The Labute approximate surface area is 106 Å². The monoisotopic (exact) mass is 240 g/mol. The summed E-state index contributed by atoms with van der Waals surface area (Å²) in [4.78, 5) is 2.63. The Balaban J connectivity index is 2.03. The van der Waals surface area contributed by atoms with Crippen LogP contribution in [0.15, 0.2) is 0 Å². The van der Waals surface area contributed by atoms with Crippen LogP contribution in [-0.2, 0) is 4.74 Å². The highest BCUT2D eigenvalue weighted by molar-refractivity contribution is 5.04. The summed E-state index contributed by atoms with van der Waals surface area (Å²) in [5.41, 5.74) is 0.656. The molecule has 0 bridgehead atoms. The number of nitrogens with one attached hydrogen (secondary N) is 1. The van der Waals surface area contributed by atoms with Gasteiger partial charge in [-0.25, -0.2) is 0 Å². The van der Waals surface area contributed by atoms with Gasteiger partial charge in [0.1, 0.15) is 0 Å². The third-order valence-electron chi connectivity index (χ3n) is 4.69. The van der Waals surface area contributed by atoms with Crippen molar-refractivity contribution in [3.63, 3.8) is 0 Å². The molecule has 0 aromatic rings. The number of methoxy groups -OCH3 is 1. The topological polar surface area (TPSA) is 24.5 Å². The first kappa shape index (κ1) is 13.3. The van der Waals surface area contributed by atoms with Gasteiger partial charge in [0.15, 0.2) is 0 Å². The summed E-state index contributed by atoms with van der Waals surface area (Å²) in [6.45, 7) is 10.2.